The quantitative estimate of drug-likeness (QED) is 0.473. The number of hydrogen-bond acceptors (Lipinski definition) is 0. The largest absolute Gasteiger partial charge is 0.0732 e. The van der Waals surface area contributed by atoms with E-state index in [1.165, 1.54) is 11.1 Å². The van der Waals surface area contributed by atoms with Gasteiger partial charge < -0.3 is 0 Å². The van der Waals surface area contributed by atoms with Crippen LogP contribution in [0.15, 0.2) is 47.6 Å². The Bertz CT molecular complexity index is 262. The van der Waals surface area contributed by atoms with E-state index in [1.54, 1.807) is 0 Å². The van der Waals surface area contributed by atoms with Crippen LogP contribution in [0.1, 0.15) is 6.92 Å². The lowest BCUT2D eigenvalue weighted by molar-refractivity contribution is 1.01. The van der Waals surface area contributed by atoms with Crippen LogP contribution in [0.4, 0.5) is 0 Å². The molecule has 50 valence electrons. The molecule has 0 aromatic carbocycles. The predicted octanol–water partition coefficient (Wildman–Crippen LogP) is 2.61. The van der Waals surface area contributed by atoms with Crippen molar-refractivity contribution in [2.75, 3.05) is 0 Å². The van der Waals surface area contributed by atoms with Crippen LogP contribution in [0.3, 0.4) is 0 Å². The molecule has 0 bridgehead atoms. The van der Waals surface area contributed by atoms with Gasteiger partial charge in [-0.15, -0.1) is 0 Å². The van der Waals surface area contributed by atoms with E-state index in [-0.39, 0.29) is 0 Å². The Morgan fingerprint density at radius 3 is 2.80 bits per heavy atom. The third-order valence-electron chi connectivity index (χ3n) is 2.07. The highest BCUT2D eigenvalue weighted by molar-refractivity contribution is 5.47. The first kappa shape index (κ1) is 5.72. The topological polar surface area (TPSA) is 0 Å². The molecule has 0 aromatic heterocycles. The van der Waals surface area contributed by atoms with Crippen molar-refractivity contribution in [3.8, 4) is 0 Å². The van der Waals surface area contributed by atoms with Crippen LogP contribution in [0, 0.1) is 5.92 Å². The van der Waals surface area contributed by atoms with Crippen molar-refractivity contribution in [1.29, 1.82) is 0 Å². The van der Waals surface area contributed by atoms with E-state index >= 15 is 0 Å². The fourth-order valence-electron chi connectivity index (χ4n) is 1.46. The van der Waals surface area contributed by atoms with E-state index in [2.05, 4.69) is 43.4 Å². The summed E-state index contributed by atoms with van der Waals surface area (Å²) < 4.78 is 0. The van der Waals surface area contributed by atoms with E-state index in [1.807, 2.05) is 0 Å². The van der Waals surface area contributed by atoms with E-state index in [9.17, 15) is 0 Å². The van der Waals surface area contributed by atoms with Crippen molar-refractivity contribution in [1.82, 2.24) is 0 Å². The van der Waals surface area contributed by atoms with E-state index < -0.39 is 0 Å². The molecule has 1 unspecified atom stereocenters. The zero-order valence-corrected chi connectivity index (χ0v) is 6.04. The standard InChI is InChI=1S/C10H10/c1-8-6-7-9-4-2-3-5-10(8)9/h2-7,9H,1H3. The fraction of sp³-hybridized carbons (Fsp3) is 0.200. The Morgan fingerprint density at radius 2 is 2.00 bits per heavy atom. The minimum Gasteiger partial charge on any atom is -0.0732 e. The van der Waals surface area contributed by atoms with Gasteiger partial charge in [-0.1, -0.05) is 36.5 Å². The molecule has 0 heterocycles. The highest BCUT2D eigenvalue weighted by atomic mass is 14.2. The van der Waals surface area contributed by atoms with Crippen molar-refractivity contribution >= 4 is 0 Å². The second kappa shape index (κ2) is 1.98. The van der Waals surface area contributed by atoms with Gasteiger partial charge in [0.25, 0.3) is 0 Å². The summed E-state index contributed by atoms with van der Waals surface area (Å²) in [4.78, 5) is 0. The summed E-state index contributed by atoms with van der Waals surface area (Å²) in [5.41, 5.74) is 2.87. The van der Waals surface area contributed by atoms with Gasteiger partial charge in [0.1, 0.15) is 0 Å². The summed E-state index contributed by atoms with van der Waals surface area (Å²) in [6.07, 6.45) is 13.1. The predicted molar refractivity (Wildman–Crippen MR) is 43.6 cm³/mol. The zero-order chi connectivity index (χ0) is 6.97. The van der Waals surface area contributed by atoms with Gasteiger partial charge in [0, 0.05) is 5.92 Å². The molecule has 0 heteroatoms. The third-order valence-corrected chi connectivity index (χ3v) is 2.07. The van der Waals surface area contributed by atoms with Crippen LogP contribution >= 0.6 is 0 Å². The van der Waals surface area contributed by atoms with E-state index in [0.717, 1.165) is 0 Å². The van der Waals surface area contributed by atoms with Crippen LogP contribution in [0.25, 0.3) is 0 Å². The Balaban J connectivity index is 2.46. The van der Waals surface area contributed by atoms with Crippen molar-refractivity contribution in [3.63, 3.8) is 0 Å². The van der Waals surface area contributed by atoms with Crippen LogP contribution in [-0.2, 0) is 0 Å². The van der Waals surface area contributed by atoms with Crippen LogP contribution < -0.4 is 0 Å². The number of hydrogen-bond donors (Lipinski definition) is 0. The van der Waals surface area contributed by atoms with E-state index in [0.29, 0.717) is 5.92 Å². The summed E-state index contributed by atoms with van der Waals surface area (Å²) in [7, 11) is 0. The van der Waals surface area contributed by atoms with Gasteiger partial charge in [-0.2, -0.15) is 0 Å². The molecule has 10 heavy (non-hydrogen) atoms. The number of rotatable bonds is 0. The summed E-state index contributed by atoms with van der Waals surface area (Å²) in [6.45, 7) is 2.16. The SMILES string of the molecule is CC1=C2C=CC=CC2C=C1. The second-order valence-corrected chi connectivity index (χ2v) is 2.77. The Morgan fingerprint density at radius 1 is 1.10 bits per heavy atom. The number of allylic oxidation sites excluding steroid dienone is 8. The molecule has 0 spiro atoms. The highest BCUT2D eigenvalue weighted by Gasteiger charge is 2.13. The first-order valence-corrected chi connectivity index (χ1v) is 3.62. The maximum atomic E-state index is 2.24. The average molecular weight is 130 g/mol. The van der Waals surface area contributed by atoms with Crippen molar-refractivity contribution in [2.24, 2.45) is 5.92 Å². The van der Waals surface area contributed by atoms with Gasteiger partial charge in [-0.3, -0.25) is 0 Å². The Hall–Kier alpha value is -1.04. The van der Waals surface area contributed by atoms with Gasteiger partial charge >= 0.3 is 0 Å². The van der Waals surface area contributed by atoms with Crippen molar-refractivity contribution < 1.29 is 0 Å². The summed E-state index contributed by atoms with van der Waals surface area (Å²) >= 11 is 0. The smallest absolute Gasteiger partial charge is 0.0207 e. The molecule has 1 atom stereocenters. The highest BCUT2D eigenvalue weighted by Crippen LogP contribution is 2.29. The molecule has 2 aliphatic rings. The van der Waals surface area contributed by atoms with Crippen LogP contribution in [-0.4, -0.2) is 0 Å². The Labute approximate surface area is 61.3 Å². The first-order chi connectivity index (χ1) is 4.88. The summed E-state index contributed by atoms with van der Waals surface area (Å²) in [6, 6.07) is 0. The lowest BCUT2D eigenvalue weighted by Gasteiger charge is -2.08. The summed E-state index contributed by atoms with van der Waals surface area (Å²) in [5, 5.41) is 0. The lowest BCUT2D eigenvalue weighted by Crippen LogP contribution is -1.94. The van der Waals surface area contributed by atoms with Gasteiger partial charge in [0.2, 0.25) is 0 Å². The molecule has 0 radical (unpaired) electrons. The molecule has 0 N–H and O–H groups in total. The molecular formula is C10H10. The minimum atomic E-state index is 0.574. The van der Waals surface area contributed by atoms with Crippen LogP contribution in [0.2, 0.25) is 0 Å². The zero-order valence-electron chi connectivity index (χ0n) is 6.04. The lowest BCUT2D eigenvalue weighted by atomic mass is 9.96. The molecule has 0 saturated carbocycles. The molecule has 0 saturated heterocycles. The molecule has 0 aliphatic heterocycles. The third kappa shape index (κ3) is 0.688. The summed E-state index contributed by atoms with van der Waals surface area (Å²) in [5.74, 6) is 0.574. The van der Waals surface area contributed by atoms with Crippen molar-refractivity contribution in [2.45, 2.75) is 6.92 Å². The van der Waals surface area contributed by atoms with Gasteiger partial charge in [-0.25, -0.2) is 0 Å². The molecule has 2 rings (SSSR count). The maximum absolute atomic E-state index is 2.24. The van der Waals surface area contributed by atoms with Crippen molar-refractivity contribution in [3.05, 3.63) is 47.6 Å². The second-order valence-electron chi connectivity index (χ2n) is 2.77. The monoisotopic (exact) mass is 130 g/mol. The van der Waals surface area contributed by atoms with Crippen LogP contribution in [0.5, 0.6) is 0 Å². The van der Waals surface area contributed by atoms with Gasteiger partial charge in [-0.05, 0) is 18.1 Å². The molecule has 0 aromatic rings. The maximum Gasteiger partial charge on any atom is 0.0207 e. The first-order valence-electron chi connectivity index (χ1n) is 3.62. The van der Waals surface area contributed by atoms with E-state index in [4.69, 9.17) is 0 Å². The molecule has 0 nitrogen and oxygen atoms in total. The fourth-order valence-corrected chi connectivity index (χ4v) is 1.46. The molecule has 0 fully saturated rings. The average Bonchev–Trinajstić information content (AvgIpc) is 2.34. The molecule has 2 aliphatic carbocycles. The molecular weight excluding hydrogens is 120 g/mol. The normalized spacial score (nSPS) is 27.9. The van der Waals surface area contributed by atoms with Gasteiger partial charge in [0.15, 0.2) is 0 Å². The Kier molecular flexibility index (Phi) is 1.13. The van der Waals surface area contributed by atoms with Gasteiger partial charge in [0.05, 0.1) is 0 Å². The molecule has 0 amide bonds. The number of fused-ring (bicyclic) bond motifs is 1. The minimum absolute atomic E-state index is 0.574.